The molecule has 1 heterocycles. The van der Waals surface area contributed by atoms with Gasteiger partial charge in [0.1, 0.15) is 0 Å². The fraction of sp³-hybridized carbons (Fsp3) is 0.412. The molecule has 0 saturated carbocycles. The summed E-state index contributed by atoms with van der Waals surface area (Å²) in [6.45, 7) is 7.55. The molecule has 0 bridgehead atoms. The first kappa shape index (κ1) is 14.7. The van der Waals surface area contributed by atoms with Crippen LogP contribution in [0.15, 0.2) is 48.7 Å². The number of hydrogen-bond acceptors (Lipinski definition) is 3. The second-order valence-electron chi connectivity index (χ2n) is 6.32. The highest BCUT2D eigenvalue weighted by Crippen LogP contribution is 2.29. The summed E-state index contributed by atoms with van der Waals surface area (Å²) in [4.78, 5) is 0. The third-order valence-electron chi connectivity index (χ3n) is 3.18. The lowest BCUT2D eigenvalue weighted by Crippen LogP contribution is -2.26. The number of aromatic nitrogens is 2. The number of nitrogens with zero attached hydrogens (tertiary/aromatic N) is 2. The summed E-state index contributed by atoms with van der Waals surface area (Å²) in [7, 11) is 0. The molecule has 1 aromatic carbocycles. The Morgan fingerprint density at radius 1 is 1.05 bits per heavy atom. The van der Waals surface area contributed by atoms with Gasteiger partial charge < -0.3 is 5.32 Å². The van der Waals surface area contributed by atoms with Gasteiger partial charge in [-0.3, -0.25) is 0 Å². The van der Waals surface area contributed by atoms with Gasteiger partial charge in [0.05, 0.1) is 5.69 Å². The van der Waals surface area contributed by atoms with E-state index in [0.717, 1.165) is 18.7 Å². The average molecular weight is 269 g/mol. The Hall–Kier alpha value is -1.74. The average Bonchev–Trinajstić information content (AvgIpc) is 2.44. The predicted molar refractivity (Wildman–Crippen MR) is 82.1 cm³/mol. The number of nitrogens with one attached hydrogen (secondary N) is 1. The minimum atomic E-state index is 0.274. The Labute approximate surface area is 121 Å². The Kier molecular flexibility index (Phi) is 4.85. The van der Waals surface area contributed by atoms with Crippen molar-refractivity contribution >= 4 is 0 Å². The van der Waals surface area contributed by atoms with Gasteiger partial charge in [0.25, 0.3) is 0 Å². The molecule has 0 spiro atoms. The maximum Gasteiger partial charge on any atom is 0.0769 e. The zero-order chi connectivity index (χ0) is 14.4. The van der Waals surface area contributed by atoms with Gasteiger partial charge in [0.2, 0.25) is 0 Å². The van der Waals surface area contributed by atoms with Gasteiger partial charge in [0.15, 0.2) is 0 Å². The Balaban J connectivity index is 2.07. The monoisotopic (exact) mass is 269 g/mol. The standard InChI is InChI=1S/C17H23N3/c1-17(2,3)12-16(14-8-5-4-6-9-14)18-13-15-10-7-11-19-20-15/h4-11,16,18H,12-13H2,1-3H3. The van der Waals surface area contributed by atoms with Crippen molar-refractivity contribution in [3.63, 3.8) is 0 Å². The van der Waals surface area contributed by atoms with E-state index in [2.05, 4.69) is 66.6 Å². The highest BCUT2D eigenvalue weighted by molar-refractivity contribution is 5.19. The van der Waals surface area contributed by atoms with Crippen LogP contribution >= 0.6 is 0 Å². The van der Waals surface area contributed by atoms with Crippen molar-refractivity contribution in [3.05, 3.63) is 59.9 Å². The third kappa shape index (κ3) is 4.74. The van der Waals surface area contributed by atoms with Gasteiger partial charge in [-0.25, -0.2) is 0 Å². The van der Waals surface area contributed by atoms with Gasteiger partial charge in [-0.2, -0.15) is 10.2 Å². The quantitative estimate of drug-likeness (QED) is 0.898. The molecule has 2 rings (SSSR count). The van der Waals surface area contributed by atoms with Crippen LogP contribution < -0.4 is 5.32 Å². The molecule has 1 N–H and O–H groups in total. The summed E-state index contributed by atoms with van der Waals surface area (Å²) in [6, 6.07) is 14.9. The van der Waals surface area contributed by atoms with E-state index in [9.17, 15) is 0 Å². The van der Waals surface area contributed by atoms with E-state index in [-0.39, 0.29) is 5.41 Å². The van der Waals surface area contributed by atoms with Gasteiger partial charge in [-0.1, -0.05) is 51.1 Å². The molecule has 3 heteroatoms. The molecule has 1 aromatic heterocycles. The van der Waals surface area contributed by atoms with Crippen LogP contribution in [0.5, 0.6) is 0 Å². The summed E-state index contributed by atoms with van der Waals surface area (Å²) in [5.74, 6) is 0. The molecule has 0 aliphatic heterocycles. The molecule has 0 fully saturated rings. The van der Waals surface area contributed by atoms with E-state index in [1.807, 2.05) is 12.1 Å². The van der Waals surface area contributed by atoms with Crippen molar-refractivity contribution < 1.29 is 0 Å². The van der Waals surface area contributed by atoms with Crippen LogP contribution in [0.3, 0.4) is 0 Å². The first-order chi connectivity index (χ1) is 9.54. The summed E-state index contributed by atoms with van der Waals surface area (Å²) in [5, 5.41) is 11.7. The van der Waals surface area contributed by atoms with Crippen molar-refractivity contribution in [2.24, 2.45) is 5.41 Å². The predicted octanol–water partition coefficient (Wildman–Crippen LogP) is 3.74. The van der Waals surface area contributed by atoms with Gasteiger partial charge in [-0.15, -0.1) is 0 Å². The van der Waals surface area contributed by atoms with Gasteiger partial charge >= 0.3 is 0 Å². The highest BCUT2D eigenvalue weighted by atomic mass is 15.1. The second kappa shape index (κ2) is 6.62. The van der Waals surface area contributed by atoms with Gasteiger partial charge in [0, 0.05) is 18.8 Å². The highest BCUT2D eigenvalue weighted by Gasteiger charge is 2.19. The topological polar surface area (TPSA) is 37.8 Å². The minimum absolute atomic E-state index is 0.274. The van der Waals surface area contributed by atoms with Crippen molar-refractivity contribution in [2.45, 2.75) is 39.8 Å². The molecule has 0 radical (unpaired) electrons. The summed E-state index contributed by atoms with van der Waals surface area (Å²) in [5.41, 5.74) is 2.57. The number of rotatable bonds is 5. The molecular formula is C17H23N3. The molecule has 0 saturated heterocycles. The second-order valence-corrected chi connectivity index (χ2v) is 6.32. The van der Waals surface area contributed by atoms with Gasteiger partial charge in [-0.05, 0) is 29.5 Å². The fourth-order valence-corrected chi connectivity index (χ4v) is 2.26. The van der Waals surface area contributed by atoms with Crippen molar-refractivity contribution in [1.29, 1.82) is 0 Å². The van der Waals surface area contributed by atoms with E-state index in [4.69, 9.17) is 0 Å². The Morgan fingerprint density at radius 3 is 2.40 bits per heavy atom. The van der Waals surface area contributed by atoms with Crippen LogP contribution in [0.25, 0.3) is 0 Å². The summed E-state index contributed by atoms with van der Waals surface area (Å²) < 4.78 is 0. The maximum absolute atomic E-state index is 4.13. The molecule has 0 aliphatic carbocycles. The van der Waals surface area contributed by atoms with Crippen molar-refractivity contribution in [1.82, 2.24) is 15.5 Å². The normalized spacial score (nSPS) is 13.2. The molecular weight excluding hydrogens is 246 g/mol. The van der Waals surface area contributed by atoms with Crippen LogP contribution in [-0.4, -0.2) is 10.2 Å². The Morgan fingerprint density at radius 2 is 1.80 bits per heavy atom. The molecule has 2 aromatic rings. The SMILES string of the molecule is CC(C)(C)CC(NCc1cccnn1)c1ccccc1. The molecule has 1 atom stereocenters. The minimum Gasteiger partial charge on any atom is -0.304 e. The zero-order valence-electron chi connectivity index (χ0n) is 12.5. The molecule has 20 heavy (non-hydrogen) atoms. The van der Waals surface area contributed by atoms with E-state index >= 15 is 0 Å². The Bertz CT molecular complexity index is 503. The third-order valence-corrected chi connectivity index (χ3v) is 3.18. The smallest absolute Gasteiger partial charge is 0.0769 e. The first-order valence-corrected chi connectivity index (χ1v) is 7.09. The lowest BCUT2D eigenvalue weighted by molar-refractivity contribution is 0.309. The van der Waals surface area contributed by atoms with E-state index in [0.29, 0.717) is 6.04 Å². The fourth-order valence-electron chi connectivity index (χ4n) is 2.26. The largest absolute Gasteiger partial charge is 0.304 e. The van der Waals surface area contributed by atoms with Crippen LogP contribution in [0, 0.1) is 5.41 Å². The molecule has 1 unspecified atom stereocenters. The van der Waals surface area contributed by atoms with E-state index in [1.165, 1.54) is 5.56 Å². The lowest BCUT2D eigenvalue weighted by atomic mass is 9.85. The van der Waals surface area contributed by atoms with E-state index < -0.39 is 0 Å². The number of hydrogen-bond donors (Lipinski definition) is 1. The van der Waals surface area contributed by atoms with Crippen molar-refractivity contribution in [3.8, 4) is 0 Å². The van der Waals surface area contributed by atoms with E-state index in [1.54, 1.807) is 6.20 Å². The van der Waals surface area contributed by atoms with Crippen LogP contribution in [0.4, 0.5) is 0 Å². The first-order valence-electron chi connectivity index (χ1n) is 7.09. The lowest BCUT2D eigenvalue weighted by Gasteiger charge is -2.27. The zero-order valence-corrected chi connectivity index (χ0v) is 12.5. The number of benzene rings is 1. The van der Waals surface area contributed by atoms with Crippen LogP contribution in [0.1, 0.15) is 44.5 Å². The molecule has 3 nitrogen and oxygen atoms in total. The molecule has 106 valence electrons. The van der Waals surface area contributed by atoms with Crippen LogP contribution in [-0.2, 0) is 6.54 Å². The summed E-state index contributed by atoms with van der Waals surface area (Å²) in [6.07, 6.45) is 2.78. The molecule has 0 aliphatic rings. The molecule has 0 amide bonds. The maximum atomic E-state index is 4.13. The van der Waals surface area contributed by atoms with Crippen molar-refractivity contribution in [2.75, 3.05) is 0 Å². The summed E-state index contributed by atoms with van der Waals surface area (Å²) >= 11 is 0. The van der Waals surface area contributed by atoms with Crippen LogP contribution in [0.2, 0.25) is 0 Å².